The number of hydrogen-bond acceptors (Lipinski definition) is 6. The van der Waals surface area contributed by atoms with Gasteiger partial charge in [0.1, 0.15) is 11.6 Å². The number of aryl methyl sites for hydroxylation is 1. The van der Waals surface area contributed by atoms with Crippen LogP contribution in [0.5, 0.6) is 5.75 Å². The number of alkyl halides is 3. The number of amides is 1. The minimum atomic E-state index is -4.73. The van der Waals surface area contributed by atoms with E-state index in [1.165, 1.54) is 24.3 Å². The molecule has 0 bridgehead atoms. The second-order valence-electron chi connectivity index (χ2n) is 8.69. The van der Waals surface area contributed by atoms with Crippen LogP contribution in [0, 0.1) is 13.8 Å². The number of nitrogens with one attached hydrogen (secondary N) is 1. The third-order valence-electron chi connectivity index (χ3n) is 6.12. The van der Waals surface area contributed by atoms with Crippen molar-refractivity contribution in [1.29, 1.82) is 0 Å². The molecule has 2 aliphatic rings. The van der Waals surface area contributed by atoms with Gasteiger partial charge in [-0.25, -0.2) is 4.98 Å². The Labute approximate surface area is 196 Å². The second-order valence-corrected chi connectivity index (χ2v) is 8.69. The lowest BCUT2D eigenvalue weighted by atomic mass is 10.1. The molecule has 184 valence electrons. The van der Waals surface area contributed by atoms with Crippen LogP contribution in [-0.4, -0.2) is 67.6 Å². The first kappa shape index (κ1) is 24.1. The normalized spacial score (nSPS) is 18.8. The Morgan fingerprint density at radius 1 is 1.18 bits per heavy atom. The minimum absolute atomic E-state index is 0.0586. The molecule has 1 aromatic carbocycles. The molecule has 1 atom stereocenters. The Morgan fingerprint density at radius 2 is 1.88 bits per heavy atom. The van der Waals surface area contributed by atoms with Crippen LogP contribution in [0.4, 0.5) is 24.7 Å². The number of carbonyl (C=O) groups excluding carboxylic acids is 1. The summed E-state index contributed by atoms with van der Waals surface area (Å²) in [6.45, 7) is 8.32. The molecule has 2 aliphatic heterocycles. The van der Waals surface area contributed by atoms with Gasteiger partial charge in [0.05, 0.1) is 19.6 Å². The molecule has 0 radical (unpaired) electrons. The highest BCUT2D eigenvalue weighted by Crippen LogP contribution is 2.29. The molecule has 0 spiro atoms. The van der Waals surface area contributed by atoms with Gasteiger partial charge in [-0.05, 0) is 44.0 Å². The van der Waals surface area contributed by atoms with Crippen LogP contribution in [0.1, 0.15) is 23.2 Å². The van der Waals surface area contributed by atoms with Gasteiger partial charge in [-0.15, -0.1) is 13.2 Å². The molecule has 7 nitrogen and oxygen atoms in total. The van der Waals surface area contributed by atoms with Crippen molar-refractivity contribution in [2.45, 2.75) is 39.1 Å². The number of likely N-dealkylation sites (tertiary alicyclic amines) is 1. The number of benzene rings is 1. The molecule has 34 heavy (non-hydrogen) atoms. The van der Waals surface area contributed by atoms with Crippen molar-refractivity contribution in [2.75, 3.05) is 49.6 Å². The summed E-state index contributed by atoms with van der Waals surface area (Å²) in [5.74, 6) is 0.476. The van der Waals surface area contributed by atoms with Crippen molar-refractivity contribution < 1.29 is 27.4 Å². The summed E-state index contributed by atoms with van der Waals surface area (Å²) < 4.78 is 46.3. The number of ether oxygens (including phenoxy) is 2. The van der Waals surface area contributed by atoms with Gasteiger partial charge in [0, 0.05) is 49.2 Å². The number of anilines is 2. The van der Waals surface area contributed by atoms with Gasteiger partial charge < -0.3 is 24.6 Å². The van der Waals surface area contributed by atoms with Crippen LogP contribution < -0.4 is 15.0 Å². The maximum absolute atomic E-state index is 12.8. The van der Waals surface area contributed by atoms with E-state index in [-0.39, 0.29) is 24.1 Å². The highest BCUT2D eigenvalue weighted by molar-refractivity contribution is 5.79. The largest absolute Gasteiger partial charge is 0.573 e. The number of morpholine rings is 1. The Balaban J connectivity index is 1.35. The van der Waals surface area contributed by atoms with Crippen LogP contribution in [0.25, 0.3) is 0 Å². The zero-order valence-corrected chi connectivity index (χ0v) is 19.3. The summed E-state index contributed by atoms with van der Waals surface area (Å²) in [6.07, 6.45) is -3.81. The second kappa shape index (κ2) is 10.1. The van der Waals surface area contributed by atoms with E-state index in [9.17, 15) is 18.0 Å². The van der Waals surface area contributed by atoms with Gasteiger partial charge in [0.15, 0.2) is 0 Å². The van der Waals surface area contributed by atoms with Gasteiger partial charge in [0.2, 0.25) is 5.91 Å². The molecule has 4 rings (SSSR count). The Hall–Kier alpha value is -3.01. The summed E-state index contributed by atoms with van der Waals surface area (Å²) >= 11 is 0. The van der Waals surface area contributed by atoms with Crippen molar-refractivity contribution in [1.82, 2.24) is 9.88 Å². The fourth-order valence-corrected chi connectivity index (χ4v) is 4.39. The van der Waals surface area contributed by atoms with Crippen LogP contribution in [0.2, 0.25) is 0 Å². The third-order valence-corrected chi connectivity index (χ3v) is 6.12. The molecule has 0 aliphatic carbocycles. The van der Waals surface area contributed by atoms with Gasteiger partial charge >= 0.3 is 6.36 Å². The number of halogens is 3. The molecule has 1 aromatic heterocycles. The van der Waals surface area contributed by atoms with Gasteiger partial charge in [-0.3, -0.25) is 4.79 Å². The summed E-state index contributed by atoms with van der Waals surface area (Å²) in [5, 5.41) is 3.52. The maximum Gasteiger partial charge on any atom is 0.573 e. The zero-order valence-electron chi connectivity index (χ0n) is 19.3. The van der Waals surface area contributed by atoms with Gasteiger partial charge in [-0.2, -0.15) is 0 Å². The molecule has 2 saturated heterocycles. The topological polar surface area (TPSA) is 66.9 Å². The molecule has 1 N–H and O–H groups in total. The highest BCUT2D eigenvalue weighted by Gasteiger charge is 2.31. The van der Waals surface area contributed by atoms with Crippen molar-refractivity contribution in [3.8, 4) is 5.75 Å². The average Bonchev–Trinajstić information content (AvgIpc) is 3.26. The first-order valence-electron chi connectivity index (χ1n) is 11.4. The van der Waals surface area contributed by atoms with Crippen LogP contribution >= 0.6 is 0 Å². The van der Waals surface area contributed by atoms with Gasteiger partial charge in [0.25, 0.3) is 0 Å². The van der Waals surface area contributed by atoms with Crippen LogP contribution in [-0.2, 0) is 16.0 Å². The standard InChI is InChI=1S/C24H29F3N4O3/c1-16-13-21(30-9-11-33-12-10-30)17(2)23(28-16)29-19-7-8-31(15-19)22(32)14-18-3-5-20(6-4-18)34-24(25,26)27/h3-6,13,19H,7-12,14-15H2,1-2H3,(H,28,29)/t19-/m0/s1. The number of pyridine rings is 1. The highest BCUT2D eigenvalue weighted by atomic mass is 19.4. The molecule has 0 saturated carbocycles. The van der Waals surface area contributed by atoms with Crippen molar-refractivity contribution in [2.24, 2.45) is 0 Å². The lowest BCUT2D eigenvalue weighted by Crippen LogP contribution is -2.37. The van der Waals surface area contributed by atoms with E-state index >= 15 is 0 Å². The number of aromatic nitrogens is 1. The SMILES string of the molecule is Cc1cc(N2CCOCC2)c(C)c(N[C@H]2CCN(C(=O)Cc3ccc(OC(F)(F)F)cc3)C2)n1. The predicted octanol–water partition coefficient (Wildman–Crippen LogP) is 3.69. The summed E-state index contributed by atoms with van der Waals surface area (Å²) in [7, 11) is 0. The maximum atomic E-state index is 12.8. The van der Waals surface area contributed by atoms with E-state index in [1.807, 2.05) is 6.92 Å². The number of carbonyl (C=O) groups is 1. The van der Waals surface area contributed by atoms with Crippen molar-refractivity contribution in [3.63, 3.8) is 0 Å². The van der Waals surface area contributed by atoms with Crippen molar-refractivity contribution in [3.05, 3.63) is 47.2 Å². The van der Waals surface area contributed by atoms with E-state index in [0.29, 0.717) is 31.9 Å². The Morgan fingerprint density at radius 3 is 2.56 bits per heavy atom. The third kappa shape index (κ3) is 6.11. The van der Waals surface area contributed by atoms with E-state index < -0.39 is 6.36 Å². The summed E-state index contributed by atoms with van der Waals surface area (Å²) in [6, 6.07) is 7.60. The molecule has 2 aromatic rings. The van der Waals surface area contributed by atoms with E-state index in [4.69, 9.17) is 9.72 Å². The number of nitrogens with zero attached hydrogens (tertiary/aromatic N) is 3. The summed E-state index contributed by atoms with van der Waals surface area (Å²) in [4.78, 5) is 21.6. The molecule has 1 amide bonds. The first-order chi connectivity index (χ1) is 16.2. The Kier molecular flexibility index (Phi) is 7.16. The Bertz CT molecular complexity index is 1010. The minimum Gasteiger partial charge on any atom is -0.406 e. The monoisotopic (exact) mass is 478 g/mol. The fourth-order valence-electron chi connectivity index (χ4n) is 4.39. The molecule has 0 unspecified atom stereocenters. The molecule has 3 heterocycles. The van der Waals surface area contributed by atoms with Crippen molar-refractivity contribution >= 4 is 17.4 Å². The molecule has 2 fully saturated rings. The zero-order chi connectivity index (χ0) is 24.3. The smallest absolute Gasteiger partial charge is 0.406 e. The van der Waals surface area contributed by atoms with E-state index in [0.717, 1.165) is 42.3 Å². The van der Waals surface area contributed by atoms with E-state index in [2.05, 4.69) is 27.9 Å². The predicted molar refractivity (Wildman–Crippen MR) is 122 cm³/mol. The van der Waals surface area contributed by atoms with E-state index in [1.54, 1.807) is 4.90 Å². The average molecular weight is 479 g/mol. The number of hydrogen-bond donors (Lipinski definition) is 1. The van der Waals surface area contributed by atoms with Crippen LogP contribution in [0.3, 0.4) is 0 Å². The quantitative estimate of drug-likeness (QED) is 0.683. The lowest BCUT2D eigenvalue weighted by molar-refractivity contribution is -0.274. The molecular formula is C24H29F3N4O3. The molecule has 10 heteroatoms. The van der Waals surface area contributed by atoms with Crippen LogP contribution in [0.15, 0.2) is 30.3 Å². The lowest BCUT2D eigenvalue weighted by Gasteiger charge is -2.31. The summed E-state index contributed by atoms with van der Waals surface area (Å²) in [5.41, 5.74) is 3.81. The first-order valence-corrected chi connectivity index (χ1v) is 11.4. The molecular weight excluding hydrogens is 449 g/mol. The number of rotatable bonds is 6. The van der Waals surface area contributed by atoms with Gasteiger partial charge in [-0.1, -0.05) is 12.1 Å². The fraction of sp³-hybridized carbons (Fsp3) is 0.500.